The van der Waals surface area contributed by atoms with Crippen LogP contribution in [0.15, 0.2) is 43.0 Å². The molecule has 0 saturated carbocycles. The third kappa shape index (κ3) is 5.86. The molecule has 0 fully saturated rings. The Kier molecular flexibility index (Phi) is 6.36. The van der Waals surface area contributed by atoms with Gasteiger partial charge in [0, 0.05) is 6.42 Å². The van der Waals surface area contributed by atoms with Crippen molar-refractivity contribution in [1.29, 1.82) is 0 Å². The number of carbonyl (C=O) groups excluding carboxylic acids is 2. The van der Waals surface area contributed by atoms with Crippen LogP contribution in [0.1, 0.15) is 24.8 Å². The van der Waals surface area contributed by atoms with Crippen molar-refractivity contribution >= 4 is 11.8 Å². The highest BCUT2D eigenvalue weighted by Gasteiger charge is 2.16. The Balaban J connectivity index is 2.40. The Morgan fingerprint density at radius 2 is 2.00 bits per heavy atom. The van der Waals surface area contributed by atoms with Gasteiger partial charge in [0.15, 0.2) is 0 Å². The molecule has 19 heavy (non-hydrogen) atoms. The Hall–Kier alpha value is -2.10. The van der Waals surface area contributed by atoms with Crippen molar-refractivity contribution in [2.45, 2.75) is 31.7 Å². The Morgan fingerprint density at radius 1 is 1.32 bits per heavy atom. The fraction of sp³-hybridized carbons (Fsp3) is 0.333. The average molecular weight is 260 g/mol. The van der Waals surface area contributed by atoms with Crippen LogP contribution in [0.4, 0.5) is 0 Å². The molecule has 1 aromatic rings. The molecule has 0 aromatic heterocycles. The molecule has 0 unspecified atom stereocenters. The summed E-state index contributed by atoms with van der Waals surface area (Å²) in [7, 11) is 0. The topological polar surface area (TPSA) is 72.2 Å². The van der Waals surface area contributed by atoms with Gasteiger partial charge in [-0.2, -0.15) is 0 Å². The van der Waals surface area contributed by atoms with Crippen LogP contribution in [0.25, 0.3) is 0 Å². The lowest BCUT2D eigenvalue weighted by Gasteiger charge is -2.14. The zero-order valence-corrected chi connectivity index (χ0v) is 11.0. The zero-order valence-electron chi connectivity index (χ0n) is 11.0. The van der Waals surface area contributed by atoms with E-state index < -0.39 is 11.9 Å². The Labute approximate surface area is 113 Å². The van der Waals surface area contributed by atoms with Crippen LogP contribution in [0.2, 0.25) is 0 Å². The van der Waals surface area contributed by atoms with E-state index in [1.54, 1.807) is 6.08 Å². The molecule has 1 aromatic carbocycles. The summed E-state index contributed by atoms with van der Waals surface area (Å²) < 4.78 is 0. The van der Waals surface area contributed by atoms with Crippen LogP contribution in [-0.4, -0.2) is 17.9 Å². The van der Waals surface area contributed by atoms with Crippen molar-refractivity contribution in [1.82, 2.24) is 5.32 Å². The number of carbonyl (C=O) groups is 2. The standard InChI is InChI=1S/C15H20N2O2/c1-2-3-9-13(15(16)19)17-14(18)11-10-12-7-5-4-6-8-12/h2,4-8,13H,1,3,9-11H2,(H2,16,19)(H,17,18)/t13-/m0/s1. The Bertz CT molecular complexity index is 429. The van der Waals surface area contributed by atoms with E-state index in [1.807, 2.05) is 30.3 Å². The predicted octanol–water partition coefficient (Wildman–Crippen LogP) is 1.56. The number of allylic oxidation sites excluding steroid dienone is 1. The lowest BCUT2D eigenvalue weighted by atomic mass is 10.1. The summed E-state index contributed by atoms with van der Waals surface area (Å²) in [5, 5.41) is 2.66. The van der Waals surface area contributed by atoms with Gasteiger partial charge in [-0.1, -0.05) is 36.4 Å². The third-order valence-electron chi connectivity index (χ3n) is 2.82. The molecule has 1 atom stereocenters. The minimum absolute atomic E-state index is 0.156. The molecule has 0 bridgehead atoms. The molecule has 102 valence electrons. The van der Waals surface area contributed by atoms with Crippen LogP contribution in [0.5, 0.6) is 0 Å². The van der Waals surface area contributed by atoms with Crippen molar-refractivity contribution in [2.24, 2.45) is 5.73 Å². The normalized spacial score (nSPS) is 11.6. The number of primary amides is 1. The fourth-order valence-corrected chi connectivity index (χ4v) is 1.74. The van der Waals surface area contributed by atoms with Gasteiger partial charge in [-0.25, -0.2) is 0 Å². The number of amides is 2. The monoisotopic (exact) mass is 260 g/mol. The van der Waals surface area contributed by atoms with Gasteiger partial charge in [-0.3, -0.25) is 9.59 Å². The summed E-state index contributed by atoms with van der Waals surface area (Å²) >= 11 is 0. The highest BCUT2D eigenvalue weighted by Crippen LogP contribution is 2.03. The van der Waals surface area contributed by atoms with Crippen molar-refractivity contribution in [2.75, 3.05) is 0 Å². The minimum Gasteiger partial charge on any atom is -0.368 e. The minimum atomic E-state index is -0.610. The molecule has 0 aliphatic carbocycles. The second kappa shape index (κ2) is 8.08. The largest absolute Gasteiger partial charge is 0.368 e. The highest BCUT2D eigenvalue weighted by atomic mass is 16.2. The van der Waals surface area contributed by atoms with E-state index in [-0.39, 0.29) is 5.91 Å². The molecule has 4 heteroatoms. The maximum atomic E-state index is 11.7. The van der Waals surface area contributed by atoms with Crippen molar-refractivity contribution in [3.8, 4) is 0 Å². The van der Waals surface area contributed by atoms with Gasteiger partial charge in [0.25, 0.3) is 0 Å². The van der Waals surface area contributed by atoms with Gasteiger partial charge in [0.1, 0.15) is 6.04 Å². The molecule has 0 heterocycles. The third-order valence-corrected chi connectivity index (χ3v) is 2.82. The summed E-state index contributed by atoms with van der Waals surface area (Å²) in [6, 6.07) is 9.13. The summed E-state index contributed by atoms with van der Waals surface area (Å²) in [6.45, 7) is 3.58. The predicted molar refractivity (Wildman–Crippen MR) is 75.3 cm³/mol. The highest BCUT2D eigenvalue weighted by molar-refractivity contribution is 5.86. The maximum Gasteiger partial charge on any atom is 0.240 e. The first-order valence-corrected chi connectivity index (χ1v) is 6.37. The molecule has 0 saturated heterocycles. The van der Waals surface area contributed by atoms with Gasteiger partial charge in [0.05, 0.1) is 0 Å². The molecule has 1 rings (SSSR count). The van der Waals surface area contributed by atoms with Gasteiger partial charge in [0.2, 0.25) is 11.8 Å². The number of benzene rings is 1. The number of rotatable bonds is 8. The molecule has 0 aliphatic rings. The number of hydrogen-bond acceptors (Lipinski definition) is 2. The number of nitrogens with two attached hydrogens (primary N) is 1. The first kappa shape index (κ1) is 15.0. The zero-order chi connectivity index (χ0) is 14.1. The van der Waals surface area contributed by atoms with E-state index in [0.29, 0.717) is 25.7 Å². The van der Waals surface area contributed by atoms with Gasteiger partial charge in [-0.05, 0) is 24.8 Å². The summed E-state index contributed by atoms with van der Waals surface area (Å²) in [6.07, 6.45) is 3.84. The molecule has 0 radical (unpaired) electrons. The van der Waals surface area contributed by atoms with E-state index in [4.69, 9.17) is 5.73 Å². The first-order chi connectivity index (χ1) is 9.13. The van der Waals surface area contributed by atoms with Crippen LogP contribution in [0.3, 0.4) is 0 Å². The van der Waals surface area contributed by atoms with Crippen LogP contribution >= 0.6 is 0 Å². The lowest BCUT2D eigenvalue weighted by Crippen LogP contribution is -2.44. The van der Waals surface area contributed by atoms with Crippen LogP contribution in [0, 0.1) is 0 Å². The smallest absolute Gasteiger partial charge is 0.240 e. The summed E-state index contributed by atoms with van der Waals surface area (Å²) in [4.78, 5) is 22.9. The van der Waals surface area contributed by atoms with Gasteiger partial charge >= 0.3 is 0 Å². The molecule has 3 N–H and O–H groups in total. The van der Waals surface area contributed by atoms with Crippen LogP contribution < -0.4 is 11.1 Å². The fourth-order valence-electron chi connectivity index (χ4n) is 1.74. The molecular weight excluding hydrogens is 240 g/mol. The SMILES string of the molecule is C=CCC[C@H](NC(=O)CCc1ccccc1)C(N)=O. The second-order valence-corrected chi connectivity index (χ2v) is 4.37. The quantitative estimate of drug-likeness (QED) is 0.696. The van der Waals surface area contributed by atoms with Crippen LogP contribution in [-0.2, 0) is 16.0 Å². The number of nitrogens with one attached hydrogen (secondary N) is 1. The van der Waals surface area contributed by atoms with E-state index in [1.165, 1.54) is 0 Å². The maximum absolute atomic E-state index is 11.7. The Morgan fingerprint density at radius 3 is 2.58 bits per heavy atom. The molecule has 2 amide bonds. The number of aryl methyl sites for hydroxylation is 1. The van der Waals surface area contributed by atoms with Crippen molar-refractivity contribution in [3.05, 3.63) is 48.6 Å². The molecule has 0 spiro atoms. The van der Waals surface area contributed by atoms with Crippen molar-refractivity contribution in [3.63, 3.8) is 0 Å². The van der Waals surface area contributed by atoms with E-state index >= 15 is 0 Å². The van der Waals surface area contributed by atoms with E-state index in [0.717, 1.165) is 5.56 Å². The number of hydrogen-bond donors (Lipinski definition) is 2. The molecular formula is C15H20N2O2. The van der Waals surface area contributed by atoms with Gasteiger partial charge < -0.3 is 11.1 Å². The second-order valence-electron chi connectivity index (χ2n) is 4.37. The van der Waals surface area contributed by atoms with E-state index in [2.05, 4.69) is 11.9 Å². The molecule has 4 nitrogen and oxygen atoms in total. The summed E-state index contributed by atoms with van der Waals surface area (Å²) in [5.41, 5.74) is 6.34. The first-order valence-electron chi connectivity index (χ1n) is 6.37. The lowest BCUT2D eigenvalue weighted by molar-refractivity contribution is -0.127. The molecule has 0 aliphatic heterocycles. The van der Waals surface area contributed by atoms with Crippen molar-refractivity contribution < 1.29 is 9.59 Å². The average Bonchev–Trinajstić information content (AvgIpc) is 2.42. The van der Waals surface area contributed by atoms with E-state index in [9.17, 15) is 9.59 Å². The van der Waals surface area contributed by atoms with Gasteiger partial charge in [-0.15, -0.1) is 6.58 Å². The summed E-state index contributed by atoms with van der Waals surface area (Å²) in [5.74, 6) is -0.661.